The summed E-state index contributed by atoms with van der Waals surface area (Å²) in [5, 5.41) is 18.0. The first kappa shape index (κ1) is 14.7. The summed E-state index contributed by atoms with van der Waals surface area (Å²) >= 11 is 0. The van der Waals surface area contributed by atoms with Crippen molar-refractivity contribution in [3.63, 3.8) is 0 Å². The number of rotatable bonds is 4. The highest BCUT2D eigenvalue weighted by Gasteiger charge is 2.32. The van der Waals surface area contributed by atoms with Crippen LogP contribution in [0.3, 0.4) is 0 Å². The molecule has 1 heterocycles. The van der Waals surface area contributed by atoms with Crippen molar-refractivity contribution in [1.29, 1.82) is 5.26 Å². The molecular weight excluding hydrogens is 250 g/mol. The van der Waals surface area contributed by atoms with Gasteiger partial charge in [-0.15, -0.1) is 5.10 Å². The molecule has 1 fully saturated rings. The van der Waals surface area contributed by atoms with Gasteiger partial charge in [0, 0.05) is 12.6 Å². The number of hydrogen-bond donors (Lipinski definition) is 1. The second-order valence-corrected chi connectivity index (χ2v) is 5.50. The molecule has 2 rings (SSSR count). The van der Waals surface area contributed by atoms with Crippen LogP contribution in [0.25, 0.3) is 0 Å². The minimum absolute atomic E-state index is 0.383. The van der Waals surface area contributed by atoms with E-state index in [2.05, 4.69) is 28.1 Å². The third-order valence-corrected chi connectivity index (χ3v) is 4.48. The minimum atomic E-state index is 0.383. The second-order valence-electron chi connectivity index (χ2n) is 5.50. The maximum Gasteiger partial charge on any atom is 0.169 e. The molecule has 0 radical (unpaired) electrons. The fourth-order valence-electron chi connectivity index (χ4n) is 3.17. The van der Waals surface area contributed by atoms with Crippen LogP contribution in [0, 0.1) is 31.1 Å². The van der Waals surface area contributed by atoms with Gasteiger partial charge in [0.15, 0.2) is 5.82 Å². The zero-order chi connectivity index (χ0) is 14.7. The van der Waals surface area contributed by atoms with E-state index < -0.39 is 0 Å². The molecule has 108 valence electrons. The van der Waals surface area contributed by atoms with E-state index in [-0.39, 0.29) is 0 Å². The Bertz CT molecular complexity index is 520. The topological polar surface area (TPSA) is 78.8 Å². The normalized spacial score (nSPS) is 21.8. The summed E-state index contributed by atoms with van der Waals surface area (Å²) in [4.78, 5) is 2.22. The molecule has 1 aliphatic rings. The molecule has 1 aromatic rings. The predicted octanol–water partition coefficient (Wildman–Crippen LogP) is 1.92. The van der Waals surface area contributed by atoms with Gasteiger partial charge in [0.2, 0.25) is 0 Å². The quantitative estimate of drug-likeness (QED) is 0.906. The van der Waals surface area contributed by atoms with E-state index in [4.69, 9.17) is 5.73 Å². The lowest BCUT2D eigenvalue weighted by atomic mass is 10.0. The lowest BCUT2D eigenvalue weighted by molar-refractivity contribution is 0.458. The van der Waals surface area contributed by atoms with Gasteiger partial charge >= 0.3 is 0 Å². The van der Waals surface area contributed by atoms with E-state index in [1.54, 1.807) is 0 Å². The van der Waals surface area contributed by atoms with Gasteiger partial charge in [0.05, 0.1) is 5.69 Å². The number of aryl methyl sites for hydroxylation is 1. The van der Waals surface area contributed by atoms with Crippen LogP contribution in [0.15, 0.2) is 0 Å². The maximum absolute atomic E-state index is 9.46. The summed E-state index contributed by atoms with van der Waals surface area (Å²) in [6.07, 6.45) is 3.48. The molecule has 0 spiro atoms. The molecule has 0 saturated heterocycles. The third kappa shape index (κ3) is 2.48. The average Bonchev–Trinajstić information content (AvgIpc) is 2.92. The third-order valence-electron chi connectivity index (χ3n) is 4.48. The molecule has 0 aliphatic heterocycles. The van der Waals surface area contributed by atoms with Crippen LogP contribution in [-0.2, 0) is 0 Å². The Morgan fingerprint density at radius 2 is 2.10 bits per heavy atom. The Hall–Kier alpha value is -1.67. The molecule has 1 saturated carbocycles. The Labute approximate surface area is 120 Å². The largest absolute Gasteiger partial charge is 0.351 e. The lowest BCUT2D eigenvalue weighted by Gasteiger charge is -2.33. The summed E-state index contributed by atoms with van der Waals surface area (Å²) in [7, 11) is 0. The molecule has 1 aliphatic carbocycles. The maximum atomic E-state index is 9.46. The SMILES string of the molecule is CCN(c1nnc(C)c(C)c1C#N)C1CCCC1CN. The van der Waals surface area contributed by atoms with Crippen LogP contribution >= 0.6 is 0 Å². The number of nitrogens with two attached hydrogens (primary N) is 1. The van der Waals surface area contributed by atoms with Gasteiger partial charge in [-0.3, -0.25) is 0 Å². The van der Waals surface area contributed by atoms with E-state index in [1.807, 2.05) is 13.8 Å². The van der Waals surface area contributed by atoms with Gasteiger partial charge in [-0.2, -0.15) is 10.4 Å². The monoisotopic (exact) mass is 273 g/mol. The second kappa shape index (κ2) is 6.19. The smallest absolute Gasteiger partial charge is 0.169 e. The highest BCUT2D eigenvalue weighted by atomic mass is 15.3. The van der Waals surface area contributed by atoms with E-state index in [0.29, 0.717) is 24.1 Å². The van der Waals surface area contributed by atoms with Crippen LogP contribution in [0.5, 0.6) is 0 Å². The number of nitrogens with zero attached hydrogens (tertiary/aromatic N) is 4. The lowest BCUT2D eigenvalue weighted by Crippen LogP contribution is -2.41. The van der Waals surface area contributed by atoms with Crippen LogP contribution in [0.4, 0.5) is 5.82 Å². The Morgan fingerprint density at radius 3 is 2.70 bits per heavy atom. The first-order valence-corrected chi connectivity index (χ1v) is 7.34. The number of hydrogen-bond acceptors (Lipinski definition) is 5. The molecule has 2 atom stereocenters. The number of anilines is 1. The van der Waals surface area contributed by atoms with Crippen molar-refractivity contribution in [2.75, 3.05) is 18.0 Å². The summed E-state index contributed by atoms with van der Waals surface area (Å²) in [6.45, 7) is 7.45. The van der Waals surface area contributed by atoms with E-state index >= 15 is 0 Å². The highest BCUT2D eigenvalue weighted by Crippen LogP contribution is 2.33. The van der Waals surface area contributed by atoms with E-state index in [9.17, 15) is 5.26 Å². The van der Waals surface area contributed by atoms with Crippen molar-refractivity contribution in [2.24, 2.45) is 11.7 Å². The van der Waals surface area contributed by atoms with Gasteiger partial charge in [0.1, 0.15) is 11.6 Å². The van der Waals surface area contributed by atoms with Gasteiger partial charge in [-0.1, -0.05) is 6.42 Å². The molecule has 1 aromatic heterocycles. The highest BCUT2D eigenvalue weighted by molar-refractivity contribution is 5.58. The van der Waals surface area contributed by atoms with E-state index in [1.165, 1.54) is 6.42 Å². The van der Waals surface area contributed by atoms with Crippen LogP contribution < -0.4 is 10.6 Å². The predicted molar refractivity (Wildman–Crippen MR) is 79.4 cm³/mol. The Kier molecular flexibility index (Phi) is 4.56. The summed E-state index contributed by atoms with van der Waals surface area (Å²) in [6, 6.07) is 2.68. The zero-order valence-corrected chi connectivity index (χ0v) is 12.6. The van der Waals surface area contributed by atoms with Crippen LogP contribution in [0.2, 0.25) is 0 Å². The minimum Gasteiger partial charge on any atom is -0.351 e. The fraction of sp³-hybridized carbons (Fsp3) is 0.667. The molecule has 2 unspecified atom stereocenters. The number of nitriles is 1. The van der Waals surface area contributed by atoms with Crippen molar-refractivity contribution in [2.45, 2.75) is 46.1 Å². The standard InChI is InChI=1S/C15H23N5/c1-4-20(14-7-5-6-12(14)8-16)15-13(9-17)10(2)11(3)18-19-15/h12,14H,4-8,16H2,1-3H3. The summed E-state index contributed by atoms with van der Waals surface area (Å²) in [5.74, 6) is 1.22. The van der Waals surface area contributed by atoms with Gasteiger partial charge in [-0.05, 0) is 51.6 Å². The Balaban J connectivity index is 2.42. The molecular formula is C15H23N5. The van der Waals surface area contributed by atoms with Crippen molar-refractivity contribution in [3.8, 4) is 6.07 Å². The van der Waals surface area contributed by atoms with Crippen LogP contribution in [0.1, 0.15) is 43.0 Å². The average molecular weight is 273 g/mol. The van der Waals surface area contributed by atoms with E-state index in [0.717, 1.165) is 36.5 Å². The van der Waals surface area contributed by atoms with Crippen molar-refractivity contribution >= 4 is 5.82 Å². The molecule has 0 amide bonds. The molecule has 0 aromatic carbocycles. The molecule has 20 heavy (non-hydrogen) atoms. The summed E-state index contributed by atoms with van der Waals surface area (Å²) in [5.41, 5.74) is 8.30. The molecule has 2 N–H and O–H groups in total. The van der Waals surface area contributed by atoms with Gasteiger partial charge < -0.3 is 10.6 Å². The Morgan fingerprint density at radius 1 is 1.35 bits per heavy atom. The molecule has 0 bridgehead atoms. The molecule has 5 nitrogen and oxygen atoms in total. The van der Waals surface area contributed by atoms with Crippen molar-refractivity contribution in [1.82, 2.24) is 10.2 Å². The van der Waals surface area contributed by atoms with Crippen LogP contribution in [-0.4, -0.2) is 29.3 Å². The first-order valence-electron chi connectivity index (χ1n) is 7.34. The zero-order valence-electron chi connectivity index (χ0n) is 12.6. The van der Waals surface area contributed by atoms with Gasteiger partial charge in [-0.25, -0.2) is 0 Å². The summed E-state index contributed by atoms with van der Waals surface area (Å²) < 4.78 is 0. The van der Waals surface area contributed by atoms with Crippen molar-refractivity contribution in [3.05, 3.63) is 16.8 Å². The number of aromatic nitrogens is 2. The fourth-order valence-corrected chi connectivity index (χ4v) is 3.17. The molecule has 5 heteroatoms. The van der Waals surface area contributed by atoms with Crippen molar-refractivity contribution < 1.29 is 0 Å². The van der Waals surface area contributed by atoms with Gasteiger partial charge in [0.25, 0.3) is 0 Å². The first-order chi connectivity index (χ1) is 9.63.